The minimum atomic E-state index is -0.517. The van der Waals surface area contributed by atoms with E-state index in [1.165, 1.54) is 0 Å². The van der Waals surface area contributed by atoms with Crippen molar-refractivity contribution in [3.8, 4) is 0 Å². The second kappa shape index (κ2) is 5.86. The molecule has 0 aliphatic heterocycles. The van der Waals surface area contributed by atoms with Gasteiger partial charge in [-0.3, -0.25) is 0 Å². The predicted octanol–water partition coefficient (Wildman–Crippen LogP) is 1.76. The van der Waals surface area contributed by atoms with Gasteiger partial charge in [0.2, 0.25) is 0 Å². The maximum absolute atomic E-state index is 9.37. The molecule has 0 amide bonds. The van der Waals surface area contributed by atoms with Gasteiger partial charge in [-0.1, -0.05) is 23.7 Å². The predicted molar refractivity (Wildman–Crippen MR) is 57.8 cm³/mol. The van der Waals surface area contributed by atoms with Crippen LogP contribution in [0.15, 0.2) is 24.3 Å². The van der Waals surface area contributed by atoms with Gasteiger partial charge in [-0.05, 0) is 12.1 Å². The molecule has 1 aromatic rings. The lowest BCUT2D eigenvalue weighted by atomic mass is 10.3. The number of hydrogen-bond donors (Lipinski definition) is 2. The Morgan fingerprint density at radius 1 is 1.50 bits per heavy atom. The quantitative estimate of drug-likeness (QED) is 0.787. The van der Waals surface area contributed by atoms with E-state index in [2.05, 4.69) is 5.32 Å². The van der Waals surface area contributed by atoms with Gasteiger partial charge >= 0.3 is 0 Å². The summed E-state index contributed by atoms with van der Waals surface area (Å²) in [5.74, 6) is 0. The van der Waals surface area contributed by atoms with E-state index in [1.54, 1.807) is 13.2 Å². The Bertz CT molecular complexity index is 281. The number of benzene rings is 1. The second-order valence-corrected chi connectivity index (χ2v) is 3.38. The molecular formula is C10H14ClNO2. The van der Waals surface area contributed by atoms with Crippen LogP contribution in [0.1, 0.15) is 0 Å². The molecule has 0 aromatic heterocycles. The lowest BCUT2D eigenvalue weighted by Crippen LogP contribution is -2.24. The summed E-state index contributed by atoms with van der Waals surface area (Å²) < 4.78 is 4.80. The minimum absolute atomic E-state index is 0.317. The summed E-state index contributed by atoms with van der Waals surface area (Å²) in [5, 5.41) is 13.1. The molecule has 78 valence electrons. The van der Waals surface area contributed by atoms with Crippen molar-refractivity contribution in [2.45, 2.75) is 6.10 Å². The maximum atomic E-state index is 9.37. The molecule has 0 radical (unpaired) electrons. The van der Waals surface area contributed by atoms with Crippen LogP contribution in [0.5, 0.6) is 0 Å². The standard InChI is InChI=1S/C10H14ClNO2/c1-14-7-8(13)6-12-10-5-3-2-4-9(10)11/h2-5,8,12-13H,6-7H2,1H3. The molecule has 0 saturated heterocycles. The van der Waals surface area contributed by atoms with E-state index in [9.17, 15) is 5.11 Å². The largest absolute Gasteiger partial charge is 0.389 e. The molecule has 0 heterocycles. The number of anilines is 1. The normalized spacial score (nSPS) is 12.5. The molecule has 1 aromatic carbocycles. The highest BCUT2D eigenvalue weighted by Gasteiger charge is 2.03. The molecule has 1 rings (SSSR count). The highest BCUT2D eigenvalue weighted by Crippen LogP contribution is 2.19. The number of para-hydroxylation sites is 1. The van der Waals surface area contributed by atoms with E-state index in [0.717, 1.165) is 5.69 Å². The van der Waals surface area contributed by atoms with Crippen LogP contribution in [0.2, 0.25) is 5.02 Å². The van der Waals surface area contributed by atoms with Crippen LogP contribution in [-0.2, 0) is 4.74 Å². The van der Waals surface area contributed by atoms with E-state index < -0.39 is 6.10 Å². The second-order valence-electron chi connectivity index (χ2n) is 2.97. The van der Waals surface area contributed by atoms with Gasteiger partial charge < -0.3 is 15.2 Å². The number of rotatable bonds is 5. The van der Waals surface area contributed by atoms with Crippen molar-refractivity contribution in [2.75, 3.05) is 25.6 Å². The van der Waals surface area contributed by atoms with Crippen molar-refractivity contribution in [1.29, 1.82) is 0 Å². The van der Waals surface area contributed by atoms with Crippen LogP contribution >= 0.6 is 11.6 Å². The molecule has 1 atom stereocenters. The van der Waals surface area contributed by atoms with Gasteiger partial charge in [0.05, 0.1) is 23.4 Å². The number of methoxy groups -OCH3 is 1. The molecule has 0 fully saturated rings. The summed E-state index contributed by atoms with van der Waals surface area (Å²) in [7, 11) is 1.55. The third kappa shape index (κ3) is 3.54. The Morgan fingerprint density at radius 2 is 2.21 bits per heavy atom. The van der Waals surface area contributed by atoms with Crippen molar-refractivity contribution < 1.29 is 9.84 Å². The molecule has 0 saturated carbocycles. The van der Waals surface area contributed by atoms with Gasteiger partial charge in [0, 0.05) is 13.7 Å². The molecule has 4 heteroatoms. The minimum Gasteiger partial charge on any atom is -0.389 e. The average Bonchev–Trinajstić information content (AvgIpc) is 2.17. The number of aliphatic hydroxyl groups is 1. The summed E-state index contributed by atoms with van der Waals surface area (Å²) in [6, 6.07) is 7.41. The third-order valence-corrected chi connectivity index (χ3v) is 2.09. The van der Waals surface area contributed by atoms with Gasteiger partial charge in [0.25, 0.3) is 0 Å². The monoisotopic (exact) mass is 215 g/mol. The van der Waals surface area contributed by atoms with Crippen molar-refractivity contribution in [1.82, 2.24) is 0 Å². The number of hydrogen-bond acceptors (Lipinski definition) is 3. The van der Waals surface area contributed by atoms with Gasteiger partial charge in [0.1, 0.15) is 0 Å². The Hall–Kier alpha value is -0.770. The molecule has 1 unspecified atom stereocenters. The zero-order chi connectivity index (χ0) is 10.4. The Kier molecular flexibility index (Phi) is 4.73. The van der Waals surface area contributed by atoms with Gasteiger partial charge in [0.15, 0.2) is 0 Å². The highest BCUT2D eigenvalue weighted by molar-refractivity contribution is 6.33. The van der Waals surface area contributed by atoms with Crippen molar-refractivity contribution in [3.63, 3.8) is 0 Å². The molecule has 0 aliphatic carbocycles. The summed E-state index contributed by atoms with van der Waals surface area (Å²) >= 11 is 5.91. The number of halogens is 1. The van der Waals surface area contributed by atoms with Gasteiger partial charge in [-0.15, -0.1) is 0 Å². The van der Waals surface area contributed by atoms with E-state index >= 15 is 0 Å². The summed E-state index contributed by atoms with van der Waals surface area (Å²) in [4.78, 5) is 0. The van der Waals surface area contributed by atoms with E-state index in [-0.39, 0.29) is 0 Å². The topological polar surface area (TPSA) is 41.5 Å². The van der Waals surface area contributed by atoms with Gasteiger partial charge in [-0.2, -0.15) is 0 Å². The zero-order valence-corrected chi connectivity index (χ0v) is 8.79. The molecule has 0 aliphatic rings. The fourth-order valence-electron chi connectivity index (χ4n) is 1.08. The molecule has 14 heavy (non-hydrogen) atoms. The molecular weight excluding hydrogens is 202 g/mol. The first-order chi connectivity index (χ1) is 6.74. The van der Waals surface area contributed by atoms with E-state index in [4.69, 9.17) is 16.3 Å². The Balaban J connectivity index is 2.41. The van der Waals surface area contributed by atoms with Crippen LogP contribution in [0.4, 0.5) is 5.69 Å². The highest BCUT2D eigenvalue weighted by atomic mass is 35.5. The van der Waals surface area contributed by atoms with Crippen LogP contribution in [0.25, 0.3) is 0 Å². The van der Waals surface area contributed by atoms with E-state index in [1.807, 2.05) is 18.2 Å². The first kappa shape index (κ1) is 11.3. The summed E-state index contributed by atoms with van der Waals surface area (Å²) in [6.45, 7) is 0.745. The van der Waals surface area contributed by atoms with Crippen LogP contribution in [0, 0.1) is 0 Å². The summed E-state index contributed by atoms with van der Waals surface area (Å²) in [5.41, 5.74) is 0.823. The fourth-order valence-corrected chi connectivity index (χ4v) is 1.29. The number of aliphatic hydroxyl groups excluding tert-OH is 1. The Labute approximate surface area is 88.7 Å². The molecule has 3 nitrogen and oxygen atoms in total. The van der Waals surface area contributed by atoms with Crippen molar-refractivity contribution >= 4 is 17.3 Å². The fraction of sp³-hybridized carbons (Fsp3) is 0.400. The molecule has 2 N–H and O–H groups in total. The van der Waals surface area contributed by atoms with Crippen molar-refractivity contribution in [2.24, 2.45) is 0 Å². The number of nitrogens with one attached hydrogen (secondary N) is 1. The van der Waals surface area contributed by atoms with Crippen LogP contribution < -0.4 is 5.32 Å². The van der Waals surface area contributed by atoms with E-state index in [0.29, 0.717) is 18.2 Å². The van der Waals surface area contributed by atoms with Gasteiger partial charge in [-0.25, -0.2) is 0 Å². The number of ether oxygens (including phenoxy) is 1. The smallest absolute Gasteiger partial charge is 0.0945 e. The first-order valence-electron chi connectivity index (χ1n) is 4.39. The SMILES string of the molecule is COCC(O)CNc1ccccc1Cl. The van der Waals surface area contributed by atoms with Crippen LogP contribution in [-0.4, -0.2) is 31.5 Å². The average molecular weight is 216 g/mol. The third-order valence-electron chi connectivity index (χ3n) is 1.76. The molecule has 0 spiro atoms. The Morgan fingerprint density at radius 3 is 2.86 bits per heavy atom. The lowest BCUT2D eigenvalue weighted by molar-refractivity contribution is 0.0727. The van der Waals surface area contributed by atoms with Crippen molar-refractivity contribution in [3.05, 3.63) is 29.3 Å². The van der Waals surface area contributed by atoms with Crippen LogP contribution in [0.3, 0.4) is 0 Å². The maximum Gasteiger partial charge on any atom is 0.0945 e. The zero-order valence-electron chi connectivity index (χ0n) is 8.03. The molecule has 0 bridgehead atoms. The summed E-state index contributed by atoms with van der Waals surface area (Å²) in [6.07, 6.45) is -0.517. The first-order valence-corrected chi connectivity index (χ1v) is 4.77. The lowest BCUT2D eigenvalue weighted by Gasteiger charge is -2.12.